The van der Waals surface area contributed by atoms with Gasteiger partial charge in [0.1, 0.15) is 6.04 Å². The molecule has 7 nitrogen and oxygen atoms in total. The number of likely N-dealkylation sites (tertiary alicyclic amines) is 1. The van der Waals surface area contributed by atoms with Crippen molar-refractivity contribution < 1.29 is 24.2 Å². The van der Waals surface area contributed by atoms with Crippen molar-refractivity contribution in [3.8, 4) is 0 Å². The van der Waals surface area contributed by atoms with Gasteiger partial charge in [-0.3, -0.25) is 14.4 Å². The molecule has 34 heavy (non-hydrogen) atoms. The monoisotopic (exact) mass is 478 g/mol. The molecule has 2 aliphatic rings. The third-order valence-electron chi connectivity index (χ3n) is 6.82. The zero-order valence-corrected chi connectivity index (χ0v) is 22.6. The minimum Gasteiger partial charge on any atom is -0.466 e. The van der Waals surface area contributed by atoms with Gasteiger partial charge in [0.2, 0.25) is 11.8 Å². The van der Waals surface area contributed by atoms with Crippen LogP contribution < -0.4 is 5.32 Å². The van der Waals surface area contributed by atoms with Gasteiger partial charge in [-0.1, -0.05) is 53.7 Å². The van der Waals surface area contributed by atoms with Gasteiger partial charge in [0.05, 0.1) is 31.1 Å². The van der Waals surface area contributed by atoms with Crippen molar-refractivity contribution in [3.05, 3.63) is 12.2 Å². The van der Waals surface area contributed by atoms with Crippen molar-refractivity contribution in [1.29, 1.82) is 0 Å². The van der Waals surface area contributed by atoms with Crippen LogP contribution in [-0.2, 0) is 19.1 Å². The van der Waals surface area contributed by atoms with Crippen LogP contribution >= 0.6 is 0 Å². The van der Waals surface area contributed by atoms with E-state index in [2.05, 4.69) is 26.1 Å². The van der Waals surface area contributed by atoms with E-state index in [1.165, 1.54) is 0 Å². The van der Waals surface area contributed by atoms with Crippen LogP contribution in [0.25, 0.3) is 0 Å². The standard InChI is InChI=1S/C27H46N2O5/c1-10-34-25(33)20-17(4)11-12-19-21(20)24(32)29(18(14-30)13-16(2)3)22(19)23(31)28-27(8,9)15-26(5,6)7/h11-12,16-22,30H,10,13-15H2,1-9H3,(H,28,31)/t17-,18-,19+,20-,21-,22+/m1/s1. The Kier molecular flexibility index (Phi) is 9.00. The maximum atomic E-state index is 13.9. The van der Waals surface area contributed by atoms with Crippen molar-refractivity contribution in [2.75, 3.05) is 13.2 Å². The molecule has 0 saturated carbocycles. The van der Waals surface area contributed by atoms with E-state index in [0.717, 1.165) is 6.42 Å². The summed E-state index contributed by atoms with van der Waals surface area (Å²) in [5.41, 5.74) is -0.480. The lowest BCUT2D eigenvalue weighted by Gasteiger charge is -2.38. The molecule has 2 N–H and O–H groups in total. The minimum absolute atomic E-state index is 0.00491. The Morgan fingerprint density at radius 3 is 2.29 bits per heavy atom. The van der Waals surface area contributed by atoms with Crippen LogP contribution in [0.3, 0.4) is 0 Å². The molecule has 0 spiro atoms. The number of aliphatic hydroxyl groups is 1. The molecule has 7 heteroatoms. The van der Waals surface area contributed by atoms with Crippen LogP contribution in [0.15, 0.2) is 12.2 Å². The van der Waals surface area contributed by atoms with E-state index in [1.807, 2.05) is 46.8 Å². The number of ether oxygens (including phenoxy) is 1. The molecular weight excluding hydrogens is 432 g/mol. The van der Waals surface area contributed by atoms with Crippen LogP contribution in [0.1, 0.15) is 75.2 Å². The molecule has 2 amide bonds. The zero-order chi connectivity index (χ0) is 26.0. The molecule has 1 aliphatic carbocycles. The van der Waals surface area contributed by atoms with Crippen LogP contribution in [0.4, 0.5) is 0 Å². The van der Waals surface area contributed by atoms with E-state index < -0.39 is 41.3 Å². The van der Waals surface area contributed by atoms with Crippen LogP contribution in [0.5, 0.6) is 0 Å². The number of nitrogens with one attached hydrogen (secondary N) is 1. The molecule has 0 aromatic heterocycles. The summed E-state index contributed by atoms with van der Waals surface area (Å²) in [6, 6.07) is -1.28. The molecule has 1 heterocycles. The molecule has 0 unspecified atom stereocenters. The summed E-state index contributed by atoms with van der Waals surface area (Å²) in [4.78, 5) is 42.2. The Balaban J connectivity index is 2.51. The molecule has 1 saturated heterocycles. The number of esters is 1. The normalized spacial score (nSPS) is 28.1. The molecule has 0 aromatic rings. The predicted molar refractivity (Wildman–Crippen MR) is 133 cm³/mol. The zero-order valence-electron chi connectivity index (χ0n) is 22.6. The molecule has 0 radical (unpaired) electrons. The molecule has 0 aromatic carbocycles. The number of carbonyl (C=O) groups is 3. The van der Waals surface area contributed by atoms with Gasteiger partial charge in [-0.05, 0) is 50.9 Å². The lowest BCUT2D eigenvalue weighted by atomic mass is 9.70. The number of amides is 2. The third-order valence-corrected chi connectivity index (χ3v) is 6.82. The minimum atomic E-state index is -0.784. The molecule has 1 aliphatic heterocycles. The Morgan fingerprint density at radius 2 is 1.79 bits per heavy atom. The number of hydrogen-bond acceptors (Lipinski definition) is 5. The summed E-state index contributed by atoms with van der Waals surface area (Å²) in [6.45, 7) is 18.1. The highest BCUT2D eigenvalue weighted by molar-refractivity contribution is 5.96. The van der Waals surface area contributed by atoms with E-state index in [1.54, 1.807) is 11.8 Å². The van der Waals surface area contributed by atoms with Gasteiger partial charge in [0.25, 0.3) is 0 Å². The maximum Gasteiger partial charge on any atom is 0.310 e. The number of allylic oxidation sites excluding steroid dienone is 1. The number of rotatable bonds is 9. The summed E-state index contributed by atoms with van der Waals surface area (Å²) in [5.74, 6) is -2.62. The van der Waals surface area contributed by atoms with Crippen molar-refractivity contribution in [2.24, 2.45) is 35.0 Å². The highest BCUT2D eigenvalue weighted by atomic mass is 16.5. The molecule has 6 atom stereocenters. The first-order chi connectivity index (χ1) is 15.6. The fourth-order valence-electron chi connectivity index (χ4n) is 6.13. The van der Waals surface area contributed by atoms with Crippen LogP contribution in [0, 0.1) is 35.0 Å². The Morgan fingerprint density at radius 1 is 1.18 bits per heavy atom. The Bertz CT molecular complexity index is 782. The summed E-state index contributed by atoms with van der Waals surface area (Å²) in [5, 5.41) is 13.4. The number of carbonyl (C=O) groups excluding carboxylic acids is 3. The van der Waals surface area contributed by atoms with Crippen molar-refractivity contribution >= 4 is 17.8 Å². The number of fused-ring (bicyclic) bond motifs is 1. The molecule has 194 valence electrons. The maximum absolute atomic E-state index is 13.9. The van der Waals surface area contributed by atoms with Crippen LogP contribution in [-0.4, -0.2) is 58.6 Å². The first-order valence-corrected chi connectivity index (χ1v) is 12.7. The number of hydrogen-bond donors (Lipinski definition) is 2. The first-order valence-electron chi connectivity index (χ1n) is 12.7. The summed E-state index contributed by atoms with van der Waals surface area (Å²) < 4.78 is 5.33. The molecule has 2 rings (SSSR count). The lowest BCUT2D eigenvalue weighted by Crippen LogP contribution is -2.57. The van der Waals surface area contributed by atoms with Crippen molar-refractivity contribution in [2.45, 2.75) is 92.8 Å². The van der Waals surface area contributed by atoms with Gasteiger partial charge in [-0.2, -0.15) is 0 Å². The van der Waals surface area contributed by atoms with E-state index in [0.29, 0.717) is 6.42 Å². The van der Waals surface area contributed by atoms with Gasteiger partial charge in [0, 0.05) is 11.5 Å². The number of nitrogens with zero attached hydrogens (tertiary/aromatic N) is 1. The Labute approximate surface area is 205 Å². The van der Waals surface area contributed by atoms with E-state index >= 15 is 0 Å². The quantitative estimate of drug-likeness (QED) is 0.390. The van der Waals surface area contributed by atoms with Gasteiger partial charge < -0.3 is 20.1 Å². The Hall–Kier alpha value is -1.89. The third kappa shape index (κ3) is 6.41. The van der Waals surface area contributed by atoms with Crippen molar-refractivity contribution in [1.82, 2.24) is 10.2 Å². The van der Waals surface area contributed by atoms with Crippen LogP contribution in [0.2, 0.25) is 0 Å². The van der Waals surface area contributed by atoms with E-state index in [4.69, 9.17) is 4.74 Å². The lowest BCUT2D eigenvalue weighted by molar-refractivity contribution is -0.156. The summed E-state index contributed by atoms with van der Waals surface area (Å²) >= 11 is 0. The predicted octanol–water partition coefficient (Wildman–Crippen LogP) is 3.55. The van der Waals surface area contributed by atoms with Crippen molar-refractivity contribution in [3.63, 3.8) is 0 Å². The smallest absolute Gasteiger partial charge is 0.310 e. The highest BCUT2D eigenvalue weighted by Crippen LogP contribution is 2.45. The largest absolute Gasteiger partial charge is 0.466 e. The number of aliphatic hydroxyl groups excluding tert-OH is 1. The van der Waals surface area contributed by atoms with Gasteiger partial charge in [-0.15, -0.1) is 0 Å². The fourth-order valence-corrected chi connectivity index (χ4v) is 6.13. The van der Waals surface area contributed by atoms with Gasteiger partial charge in [0.15, 0.2) is 0 Å². The fraction of sp³-hybridized carbons (Fsp3) is 0.815. The van der Waals surface area contributed by atoms with E-state index in [-0.39, 0.29) is 42.3 Å². The first kappa shape index (κ1) is 28.3. The highest BCUT2D eigenvalue weighted by Gasteiger charge is 2.58. The second-order valence-electron chi connectivity index (χ2n) is 12.4. The SMILES string of the molecule is CCOC(=O)[C@H]1[C@@H]2C(=O)N([C@@H](CO)CC(C)C)[C@H](C(=O)NC(C)(C)CC(C)(C)C)[C@H]2C=C[C@H]1C. The molecule has 0 bridgehead atoms. The van der Waals surface area contributed by atoms with Gasteiger partial charge >= 0.3 is 5.97 Å². The van der Waals surface area contributed by atoms with Gasteiger partial charge in [-0.25, -0.2) is 0 Å². The average molecular weight is 479 g/mol. The summed E-state index contributed by atoms with van der Waals surface area (Å²) in [6.07, 6.45) is 5.18. The summed E-state index contributed by atoms with van der Waals surface area (Å²) in [7, 11) is 0. The second kappa shape index (κ2) is 10.8. The second-order valence-corrected chi connectivity index (χ2v) is 12.4. The average Bonchev–Trinajstić information content (AvgIpc) is 2.96. The molecule has 1 fully saturated rings. The van der Waals surface area contributed by atoms with E-state index in [9.17, 15) is 19.5 Å². The molecular formula is C27H46N2O5. The topological polar surface area (TPSA) is 95.9 Å².